The molecule has 6 heteroatoms. The van der Waals surface area contributed by atoms with E-state index in [9.17, 15) is 14.9 Å². The molecule has 108 valence electrons. The molecule has 0 unspecified atom stereocenters. The number of nitrogens with one attached hydrogen (secondary N) is 1. The smallest absolute Gasteiger partial charge is 0.283 e. The Bertz CT molecular complexity index is 684. The van der Waals surface area contributed by atoms with Crippen LogP contribution in [0.3, 0.4) is 0 Å². The van der Waals surface area contributed by atoms with E-state index in [1.54, 1.807) is 30.5 Å². The molecule has 2 aromatic rings. The molecule has 0 spiro atoms. The van der Waals surface area contributed by atoms with E-state index >= 15 is 0 Å². The van der Waals surface area contributed by atoms with Crippen LogP contribution in [0.4, 0.5) is 11.4 Å². The SMILES string of the molecule is CSc1ccc(C(=O)Nc2ccc(C)cc2)cc1[N+](=O)[O-]. The van der Waals surface area contributed by atoms with Crippen molar-refractivity contribution in [2.24, 2.45) is 0 Å². The van der Waals surface area contributed by atoms with Crippen molar-refractivity contribution in [3.63, 3.8) is 0 Å². The van der Waals surface area contributed by atoms with E-state index in [4.69, 9.17) is 0 Å². The van der Waals surface area contributed by atoms with Gasteiger partial charge in [0.15, 0.2) is 0 Å². The number of anilines is 1. The summed E-state index contributed by atoms with van der Waals surface area (Å²) in [5, 5.41) is 13.7. The van der Waals surface area contributed by atoms with Crippen molar-refractivity contribution in [1.82, 2.24) is 0 Å². The molecule has 0 radical (unpaired) electrons. The van der Waals surface area contributed by atoms with Crippen LogP contribution >= 0.6 is 11.8 Å². The van der Waals surface area contributed by atoms with Gasteiger partial charge in [-0.1, -0.05) is 17.7 Å². The Morgan fingerprint density at radius 3 is 2.43 bits per heavy atom. The third kappa shape index (κ3) is 3.61. The van der Waals surface area contributed by atoms with E-state index in [0.717, 1.165) is 5.56 Å². The van der Waals surface area contributed by atoms with Crippen molar-refractivity contribution >= 4 is 29.0 Å². The molecular formula is C15H14N2O3S. The standard InChI is InChI=1S/C15H14N2O3S/c1-10-3-6-12(7-4-10)16-15(18)11-5-8-14(21-2)13(9-11)17(19)20/h3-9H,1-2H3,(H,16,18). The summed E-state index contributed by atoms with van der Waals surface area (Å²) in [4.78, 5) is 23.2. The van der Waals surface area contributed by atoms with Gasteiger partial charge in [0.2, 0.25) is 0 Å². The van der Waals surface area contributed by atoms with E-state index < -0.39 is 4.92 Å². The Morgan fingerprint density at radius 2 is 1.86 bits per heavy atom. The fourth-order valence-corrected chi connectivity index (χ4v) is 2.36. The number of carbonyl (C=O) groups excluding carboxylic acids is 1. The van der Waals surface area contributed by atoms with Crippen LogP contribution in [0, 0.1) is 17.0 Å². The number of rotatable bonds is 4. The first-order chi connectivity index (χ1) is 10.0. The average molecular weight is 302 g/mol. The first-order valence-electron chi connectivity index (χ1n) is 6.21. The van der Waals surface area contributed by atoms with Gasteiger partial charge in [-0.2, -0.15) is 0 Å². The number of nitrogens with zero attached hydrogens (tertiary/aromatic N) is 1. The first-order valence-corrected chi connectivity index (χ1v) is 7.44. The molecule has 1 amide bonds. The van der Waals surface area contributed by atoms with Gasteiger partial charge in [0, 0.05) is 17.3 Å². The van der Waals surface area contributed by atoms with Gasteiger partial charge in [-0.25, -0.2) is 0 Å². The van der Waals surface area contributed by atoms with Gasteiger partial charge in [0.05, 0.1) is 9.82 Å². The van der Waals surface area contributed by atoms with Gasteiger partial charge in [-0.15, -0.1) is 11.8 Å². The predicted octanol–water partition coefficient (Wildman–Crippen LogP) is 3.88. The molecule has 21 heavy (non-hydrogen) atoms. The monoisotopic (exact) mass is 302 g/mol. The van der Waals surface area contributed by atoms with Gasteiger partial charge in [0.25, 0.3) is 11.6 Å². The maximum Gasteiger partial charge on any atom is 0.283 e. The lowest BCUT2D eigenvalue weighted by atomic mass is 10.1. The molecule has 0 aliphatic heterocycles. The number of thioether (sulfide) groups is 1. The number of aryl methyl sites for hydroxylation is 1. The van der Waals surface area contributed by atoms with Crippen LogP contribution in [-0.2, 0) is 0 Å². The highest BCUT2D eigenvalue weighted by Crippen LogP contribution is 2.28. The molecule has 2 rings (SSSR count). The highest BCUT2D eigenvalue weighted by Gasteiger charge is 2.17. The van der Waals surface area contributed by atoms with Crippen LogP contribution < -0.4 is 5.32 Å². The number of hydrogen-bond acceptors (Lipinski definition) is 4. The predicted molar refractivity (Wildman–Crippen MR) is 84.0 cm³/mol. The zero-order chi connectivity index (χ0) is 15.4. The molecular weight excluding hydrogens is 288 g/mol. The molecule has 0 aliphatic carbocycles. The number of nitro groups is 1. The second-order valence-corrected chi connectivity index (χ2v) is 5.31. The molecule has 0 fully saturated rings. The molecule has 0 saturated carbocycles. The Hall–Kier alpha value is -2.34. The number of benzene rings is 2. The lowest BCUT2D eigenvalue weighted by molar-refractivity contribution is -0.387. The van der Waals surface area contributed by atoms with Gasteiger partial charge >= 0.3 is 0 Å². The van der Waals surface area contributed by atoms with E-state index in [2.05, 4.69) is 5.32 Å². The number of carbonyl (C=O) groups is 1. The number of hydrogen-bond donors (Lipinski definition) is 1. The third-order valence-corrected chi connectivity index (χ3v) is 3.73. The second kappa shape index (κ2) is 6.41. The Balaban J connectivity index is 2.25. The number of amides is 1. The van der Waals surface area contributed by atoms with Gasteiger partial charge in [-0.3, -0.25) is 14.9 Å². The van der Waals surface area contributed by atoms with E-state index in [1.807, 2.05) is 19.1 Å². The molecule has 0 atom stereocenters. The van der Waals surface area contributed by atoms with E-state index in [1.165, 1.54) is 17.8 Å². The van der Waals surface area contributed by atoms with Crippen LogP contribution in [0.15, 0.2) is 47.4 Å². The minimum atomic E-state index is -0.478. The largest absolute Gasteiger partial charge is 0.322 e. The maximum atomic E-state index is 12.1. The lowest BCUT2D eigenvalue weighted by Gasteiger charge is -2.07. The van der Waals surface area contributed by atoms with E-state index in [0.29, 0.717) is 10.6 Å². The minimum absolute atomic E-state index is 0.0564. The minimum Gasteiger partial charge on any atom is -0.322 e. The van der Waals surface area contributed by atoms with Gasteiger partial charge in [-0.05, 0) is 37.4 Å². The zero-order valence-electron chi connectivity index (χ0n) is 11.6. The van der Waals surface area contributed by atoms with Gasteiger partial charge < -0.3 is 5.32 Å². The summed E-state index contributed by atoms with van der Waals surface area (Å²) in [5.74, 6) is -0.366. The molecule has 0 bridgehead atoms. The summed E-state index contributed by atoms with van der Waals surface area (Å²) in [7, 11) is 0. The molecule has 1 N–H and O–H groups in total. The molecule has 0 heterocycles. The van der Waals surface area contributed by atoms with E-state index in [-0.39, 0.29) is 17.2 Å². The Labute approximate surface area is 126 Å². The fraction of sp³-hybridized carbons (Fsp3) is 0.133. The second-order valence-electron chi connectivity index (χ2n) is 4.46. The van der Waals surface area contributed by atoms with Crippen molar-refractivity contribution < 1.29 is 9.72 Å². The van der Waals surface area contributed by atoms with Crippen LogP contribution in [0.5, 0.6) is 0 Å². The molecule has 5 nitrogen and oxygen atoms in total. The Kier molecular flexibility index (Phi) is 4.59. The van der Waals surface area contributed by atoms with Crippen LogP contribution in [0.25, 0.3) is 0 Å². The lowest BCUT2D eigenvalue weighted by Crippen LogP contribution is -2.12. The van der Waals surface area contributed by atoms with Crippen molar-refractivity contribution in [3.05, 3.63) is 63.7 Å². The summed E-state index contributed by atoms with van der Waals surface area (Å²) in [5.41, 5.74) is 1.95. The normalized spacial score (nSPS) is 10.2. The number of nitro benzene ring substituents is 1. The first kappa shape index (κ1) is 15.1. The zero-order valence-corrected chi connectivity index (χ0v) is 12.4. The molecule has 0 aliphatic rings. The van der Waals surface area contributed by atoms with Crippen molar-refractivity contribution in [2.45, 2.75) is 11.8 Å². The summed E-state index contributed by atoms with van der Waals surface area (Å²) in [6.45, 7) is 1.95. The fourth-order valence-electron chi connectivity index (χ4n) is 1.81. The third-order valence-electron chi connectivity index (χ3n) is 2.95. The van der Waals surface area contributed by atoms with Crippen molar-refractivity contribution in [1.29, 1.82) is 0 Å². The summed E-state index contributed by atoms with van der Waals surface area (Å²) < 4.78 is 0. The van der Waals surface area contributed by atoms with Crippen LogP contribution in [0.2, 0.25) is 0 Å². The van der Waals surface area contributed by atoms with Crippen molar-refractivity contribution in [2.75, 3.05) is 11.6 Å². The topological polar surface area (TPSA) is 72.2 Å². The quantitative estimate of drug-likeness (QED) is 0.528. The molecule has 0 saturated heterocycles. The summed E-state index contributed by atoms with van der Waals surface area (Å²) in [6, 6.07) is 11.8. The average Bonchev–Trinajstić information content (AvgIpc) is 2.48. The van der Waals surface area contributed by atoms with Crippen molar-refractivity contribution in [3.8, 4) is 0 Å². The molecule has 0 aromatic heterocycles. The summed E-state index contributed by atoms with van der Waals surface area (Å²) >= 11 is 1.28. The highest BCUT2D eigenvalue weighted by molar-refractivity contribution is 7.98. The Morgan fingerprint density at radius 1 is 1.19 bits per heavy atom. The maximum absolute atomic E-state index is 12.1. The van der Waals surface area contributed by atoms with Crippen LogP contribution in [-0.4, -0.2) is 17.1 Å². The molecule has 2 aromatic carbocycles. The van der Waals surface area contributed by atoms with Crippen LogP contribution in [0.1, 0.15) is 15.9 Å². The van der Waals surface area contributed by atoms with Gasteiger partial charge in [0.1, 0.15) is 0 Å². The summed E-state index contributed by atoms with van der Waals surface area (Å²) in [6.07, 6.45) is 1.76. The highest BCUT2D eigenvalue weighted by atomic mass is 32.2.